The summed E-state index contributed by atoms with van der Waals surface area (Å²) in [5, 5.41) is 2.94. The van der Waals surface area contributed by atoms with Crippen LogP contribution in [0.2, 0.25) is 0 Å². The van der Waals surface area contributed by atoms with E-state index in [1.807, 2.05) is 24.3 Å². The van der Waals surface area contributed by atoms with Crippen LogP contribution < -0.4 is 10.2 Å². The minimum absolute atomic E-state index is 0.0274. The number of halogens is 1. The van der Waals surface area contributed by atoms with Crippen LogP contribution in [0.5, 0.6) is 0 Å². The first-order valence-electron chi connectivity index (χ1n) is 9.47. The Morgan fingerprint density at radius 3 is 2.85 bits per heavy atom. The third-order valence-electron chi connectivity index (χ3n) is 5.23. The Bertz CT molecular complexity index is 888. The lowest BCUT2D eigenvalue weighted by atomic mass is 9.97. The number of quaternary nitrogens is 1. The molecule has 1 saturated heterocycles. The van der Waals surface area contributed by atoms with E-state index in [0.29, 0.717) is 19.0 Å². The van der Waals surface area contributed by atoms with Crippen LogP contribution in [0.3, 0.4) is 0 Å². The third kappa shape index (κ3) is 4.34. The van der Waals surface area contributed by atoms with Gasteiger partial charge in [0.1, 0.15) is 11.6 Å². The van der Waals surface area contributed by atoms with Crippen molar-refractivity contribution in [3.63, 3.8) is 0 Å². The van der Waals surface area contributed by atoms with E-state index in [2.05, 4.69) is 10.3 Å². The maximum atomic E-state index is 12.9. The van der Waals surface area contributed by atoms with Gasteiger partial charge in [0.15, 0.2) is 6.54 Å². The van der Waals surface area contributed by atoms with Crippen molar-refractivity contribution in [2.24, 2.45) is 0 Å². The van der Waals surface area contributed by atoms with Crippen LogP contribution in [0.1, 0.15) is 30.1 Å². The number of fused-ring (bicyclic) bond motifs is 1. The molecule has 4 rings (SSSR count). The number of rotatable bonds is 5. The Morgan fingerprint density at radius 1 is 1.22 bits per heavy atom. The molecule has 1 unspecified atom stereocenters. The minimum atomic E-state index is -0.264. The molecule has 2 heterocycles. The number of nitrogens with one attached hydrogen (secondary N) is 3. The van der Waals surface area contributed by atoms with Gasteiger partial charge in [0.25, 0.3) is 5.91 Å². The fourth-order valence-electron chi connectivity index (χ4n) is 3.80. The van der Waals surface area contributed by atoms with E-state index in [0.717, 1.165) is 48.4 Å². The molecule has 1 amide bonds. The van der Waals surface area contributed by atoms with Crippen LogP contribution in [-0.2, 0) is 11.3 Å². The number of para-hydroxylation sites is 2. The van der Waals surface area contributed by atoms with Crippen molar-refractivity contribution < 1.29 is 14.1 Å². The lowest BCUT2D eigenvalue weighted by molar-refractivity contribution is -0.898. The number of hydrogen-bond donors (Lipinski definition) is 3. The monoisotopic (exact) mass is 367 g/mol. The highest BCUT2D eigenvalue weighted by Crippen LogP contribution is 2.21. The second kappa shape index (κ2) is 7.88. The van der Waals surface area contributed by atoms with Gasteiger partial charge in [0.2, 0.25) is 0 Å². The predicted molar refractivity (Wildman–Crippen MR) is 102 cm³/mol. The Balaban J connectivity index is 1.32. The molecule has 5 nitrogen and oxygen atoms in total. The number of likely N-dealkylation sites (tertiary alicyclic amines) is 1. The molecule has 1 fully saturated rings. The summed E-state index contributed by atoms with van der Waals surface area (Å²) in [6.45, 7) is 2.79. The Morgan fingerprint density at radius 2 is 2.04 bits per heavy atom. The number of carbonyl (C=O) groups excluding carboxylic acids is 1. The lowest BCUT2D eigenvalue weighted by Crippen LogP contribution is -3.14. The van der Waals surface area contributed by atoms with Gasteiger partial charge in [-0.25, -0.2) is 9.37 Å². The highest BCUT2D eigenvalue weighted by molar-refractivity contribution is 5.77. The van der Waals surface area contributed by atoms with Gasteiger partial charge in [-0.3, -0.25) is 4.79 Å². The van der Waals surface area contributed by atoms with Gasteiger partial charge in [-0.15, -0.1) is 0 Å². The standard InChI is InChI=1S/C21H23FN4O/c22-17-9-7-15(8-10-17)12-23-20(27)14-26-11-3-4-16(13-26)21-24-18-5-1-2-6-19(18)25-21/h1-2,5-10,16H,3-4,11-14H2,(H,23,27)(H,24,25)/p+1/t16-/m1/s1. The van der Waals surface area contributed by atoms with Crippen LogP contribution in [0.25, 0.3) is 11.0 Å². The molecular weight excluding hydrogens is 343 g/mol. The van der Waals surface area contributed by atoms with E-state index in [-0.39, 0.29) is 11.7 Å². The smallest absolute Gasteiger partial charge is 0.275 e. The van der Waals surface area contributed by atoms with E-state index in [9.17, 15) is 9.18 Å². The molecule has 2 aromatic carbocycles. The highest BCUT2D eigenvalue weighted by Gasteiger charge is 2.28. The molecule has 140 valence electrons. The van der Waals surface area contributed by atoms with Crippen molar-refractivity contribution in [2.45, 2.75) is 25.3 Å². The first-order chi connectivity index (χ1) is 13.2. The zero-order valence-electron chi connectivity index (χ0n) is 15.2. The van der Waals surface area contributed by atoms with Gasteiger partial charge < -0.3 is 15.2 Å². The summed E-state index contributed by atoms with van der Waals surface area (Å²) >= 11 is 0. The third-order valence-corrected chi connectivity index (χ3v) is 5.23. The Hall–Kier alpha value is -2.73. The molecule has 1 aliphatic heterocycles. The van der Waals surface area contributed by atoms with Gasteiger partial charge in [0, 0.05) is 6.54 Å². The number of aromatic nitrogens is 2. The topological polar surface area (TPSA) is 62.2 Å². The molecule has 0 radical (unpaired) electrons. The molecule has 1 aliphatic rings. The van der Waals surface area contributed by atoms with E-state index in [1.165, 1.54) is 17.0 Å². The summed E-state index contributed by atoms with van der Waals surface area (Å²) in [5.41, 5.74) is 2.96. The number of nitrogens with zero attached hydrogens (tertiary/aromatic N) is 1. The van der Waals surface area contributed by atoms with Crippen LogP contribution in [0.4, 0.5) is 4.39 Å². The number of carbonyl (C=O) groups is 1. The van der Waals surface area contributed by atoms with Crippen molar-refractivity contribution in [2.75, 3.05) is 19.6 Å². The summed E-state index contributed by atoms with van der Waals surface area (Å²) in [5.74, 6) is 1.14. The van der Waals surface area contributed by atoms with Crippen LogP contribution in [0, 0.1) is 5.82 Å². The number of piperidine rings is 1. The lowest BCUT2D eigenvalue weighted by Gasteiger charge is -2.28. The zero-order valence-corrected chi connectivity index (χ0v) is 15.2. The van der Waals surface area contributed by atoms with E-state index < -0.39 is 0 Å². The SMILES string of the molecule is O=C(C[NH+]1CCC[C@@H](c2nc3ccccc3[nH]2)C1)NCc1ccc(F)cc1. The minimum Gasteiger partial charge on any atom is -0.347 e. The molecule has 6 heteroatoms. The molecule has 27 heavy (non-hydrogen) atoms. The molecule has 0 aliphatic carbocycles. The Kier molecular flexibility index (Phi) is 5.16. The van der Waals surface area contributed by atoms with Crippen molar-refractivity contribution in [3.8, 4) is 0 Å². The summed E-state index contributed by atoms with van der Waals surface area (Å²) in [4.78, 5) is 21.8. The molecule has 3 N–H and O–H groups in total. The quantitative estimate of drug-likeness (QED) is 0.644. The van der Waals surface area contributed by atoms with Crippen LogP contribution in [-0.4, -0.2) is 35.5 Å². The summed E-state index contributed by atoms with van der Waals surface area (Å²) < 4.78 is 12.9. The van der Waals surface area contributed by atoms with Crippen LogP contribution in [0.15, 0.2) is 48.5 Å². The largest absolute Gasteiger partial charge is 0.347 e. The average Bonchev–Trinajstić information content (AvgIpc) is 3.12. The fraction of sp³-hybridized carbons (Fsp3) is 0.333. The van der Waals surface area contributed by atoms with Gasteiger partial charge in [-0.1, -0.05) is 24.3 Å². The number of H-pyrrole nitrogens is 1. The summed E-state index contributed by atoms with van der Waals surface area (Å²) in [7, 11) is 0. The normalized spacial score (nSPS) is 19.9. The average molecular weight is 367 g/mol. The van der Waals surface area contributed by atoms with Crippen molar-refractivity contribution in [3.05, 3.63) is 65.7 Å². The molecule has 2 atom stereocenters. The van der Waals surface area contributed by atoms with E-state index in [4.69, 9.17) is 4.98 Å². The van der Waals surface area contributed by atoms with Gasteiger partial charge in [0.05, 0.1) is 30.0 Å². The van der Waals surface area contributed by atoms with Crippen LogP contribution >= 0.6 is 0 Å². The Labute approximate surface area is 157 Å². The highest BCUT2D eigenvalue weighted by atomic mass is 19.1. The molecule has 0 saturated carbocycles. The molecule has 0 spiro atoms. The number of hydrogen-bond acceptors (Lipinski definition) is 2. The molecule has 3 aromatic rings. The summed E-state index contributed by atoms with van der Waals surface area (Å²) in [6.07, 6.45) is 2.18. The predicted octanol–water partition coefficient (Wildman–Crippen LogP) is 1.78. The van der Waals surface area contributed by atoms with E-state index in [1.54, 1.807) is 12.1 Å². The van der Waals surface area contributed by atoms with Gasteiger partial charge >= 0.3 is 0 Å². The zero-order chi connectivity index (χ0) is 18.6. The van der Waals surface area contributed by atoms with Crippen molar-refractivity contribution in [1.29, 1.82) is 0 Å². The fourth-order valence-corrected chi connectivity index (χ4v) is 3.80. The first kappa shape index (κ1) is 17.7. The van der Waals surface area contributed by atoms with Gasteiger partial charge in [-0.05, 0) is 42.7 Å². The number of aromatic amines is 1. The number of amides is 1. The van der Waals surface area contributed by atoms with E-state index >= 15 is 0 Å². The second-order valence-electron chi connectivity index (χ2n) is 7.26. The number of imidazole rings is 1. The first-order valence-corrected chi connectivity index (χ1v) is 9.47. The molecule has 0 bridgehead atoms. The molecular formula is C21H24FN4O+. The van der Waals surface area contributed by atoms with Gasteiger partial charge in [-0.2, -0.15) is 0 Å². The maximum absolute atomic E-state index is 12.9. The molecule has 1 aromatic heterocycles. The maximum Gasteiger partial charge on any atom is 0.275 e. The number of benzene rings is 2. The van der Waals surface area contributed by atoms with Crippen molar-refractivity contribution >= 4 is 16.9 Å². The summed E-state index contributed by atoms with van der Waals surface area (Å²) in [6, 6.07) is 14.3. The van der Waals surface area contributed by atoms with Crippen molar-refractivity contribution in [1.82, 2.24) is 15.3 Å². The second-order valence-corrected chi connectivity index (χ2v) is 7.26.